The Morgan fingerprint density at radius 1 is 0.650 bits per heavy atom. The van der Waals surface area contributed by atoms with E-state index in [0.717, 1.165) is 77.9 Å². The summed E-state index contributed by atoms with van der Waals surface area (Å²) in [6, 6.07) is 25.8. The molecular formula is C76H88N12O15. The van der Waals surface area contributed by atoms with Crippen molar-refractivity contribution in [2.75, 3.05) is 68.7 Å². The number of anilines is 3. The summed E-state index contributed by atoms with van der Waals surface area (Å²) >= 11 is 0. The number of aryl methyl sites for hydroxylation is 2. The van der Waals surface area contributed by atoms with Crippen molar-refractivity contribution in [3.05, 3.63) is 125 Å². The number of ether oxygens (including phenoxy) is 5. The van der Waals surface area contributed by atoms with Crippen molar-refractivity contribution in [3.8, 4) is 45.5 Å². The summed E-state index contributed by atoms with van der Waals surface area (Å²) in [5, 5.41) is 33.8. The van der Waals surface area contributed by atoms with E-state index in [0.29, 0.717) is 77.5 Å². The van der Waals surface area contributed by atoms with E-state index in [1.807, 2.05) is 60.7 Å². The largest absolute Gasteiger partial charge is 0.493 e. The highest BCUT2D eigenvalue weighted by atomic mass is 16.6. The highest BCUT2D eigenvalue weighted by Gasteiger charge is 2.58. The van der Waals surface area contributed by atoms with Crippen molar-refractivity contribution in [2.24, 2.45) is 23.8 Å². The second-order valence-electron chi connectivity index (χ2n) is 28.6. The summed E-state index contributed by atoms with van der Waals surface area (Å²) < 4.78 is 31.6. The molecule has 13 rings (SSSR count). The van der Waals surface area contributed by atoms with Crippen LogP contribution >= 0.6 is 0 Å². The Balaban J connectivity index is 0.556. The number of amides is 9. The predicted octanol–water partition coefficient (Wildman–Crippen LogP) is 7.35. The number of methoxy groups -OCH3 is 2. The topological polar surface area (TPSA) is 324 Å². The molecule has 4 fully saturated rings. The van der Waals surface area contributed by atoms with Gasteiger partial charge in [0.2, 0.25) is 35.4 Å². The maximum atomic E-state index is 14.5. The van der Waals surface area contributed by atoms with Crippen molar-refractivity contribution >= 4 is 70.4 Å². The van der Waals surface area contributed by atoms with Crippen LogP contribution in [-0.2, 0) is 60.1 Å². The van der Waals surface area contributed by atoms with Gasteiger partial charge in [-0.1, -0.05) is 73.7 Å². The van der Waals surface area contributed by atoms with Gasteiger partial charge in [-0.3, -0.25) is 38.4 Å². The Morgan fingerprint density at radius 2 is 1.29 bits per heavy atom. The first-order chi connectivity index (χ1) is 49.6. The maximum Gasteiger partial charge on any atom is 0.416 e. The van der Waals surface area contributed by atoms with Crippen LogP contribution in [0.1, 0.15) is 135 Å². The van der Waals surface area contributed by atoms with Crippen LogP contribution in [0.4, 0.5) is 21.9 Å². The van der Waals surface area contributed by atoms with Gasteiger partial charge in [0.25, 0.3) is 11.8 Å². The summed E-state index contributed by atoms with van der Waals surface area (Å²) in [4.78, 5) is 129. The lowest BCUT2D eigenvalue weighted by Gasteiger charge is -2.31. The lowest BCUT2D eigenvalue weighted by molar-refractivity contribution is -0.132. The van der Waals surface area contributed by atoms with E-state index >= 15 is 0 Å². The molecule has 6 heterocycles. The molecule has 7 aliphatic rings. The molecule has 1 aromatic heterocycles. The normalized spacial score (nSPS) is 18.9. The molecule has 9 amide bonds. The zero-order chi connectivity index (χ0) is 72.4. The third-order valence-corrected chi connectivity index (χ3v) is 21.1. The third-order valence-electron chi connectivity index (χ3n) is 21.1. The number of rotatable bonds is 25. The van der Waals surface area contributed by atoms with Gasteiger partial charge in [0, 0.05) is 67.5 Å². The average Bonchev–Trinajstić information content (AvgIpc) is 1.58. The Hall–Kier alpha value is -10.6. The van der Waals surface area contributed by atoms with Crippen molar-refractivity contribution < 1.29 is 71.9 Å². The number of unbranched alkanes of at least 4 members (excludes halogenated alkanes) is 2. The van der Waals surface area contributed by atoms with Crippen LogP contribution < -0.4 is 55.3 Å². The maximum absolute atomic E-state index is 14.5. The summed E-state index contributed by atoms with van der Waals surface area (Å²) in [6.45, 7) is 5.78. The summed E-state index contributed by atoms with van der Waals surface area (Å²) in [7, 11) is 4.84. The standard InChI is InChI=1S/C76H88N12O15/c1-44(2)66(81-64(91)39-78-63(90)38-77-62(89)24-25-65(92)85-40-48-14-8-9-15-51(48)67-68(84(4)83-82-67)52-16-10-11-17-55(52)85)70(94)79-45(3)69(93)80-49-21-18-46(19-22-49)41-103-74(98)88-56-35-61(59(100-6)34-54(56)72(96)87-43-76(28-29-76)37-57(87)73(88)97)102-31-13-7-12-30-101-60-32-47-20-23-50-36-75(26-27-75)42-86(50)71(95)53(47)33-58(60)99-5/h8-11,14-19,21-22,32-35,44-45,50,57,66,73,97H,7,12-13,20,23-31,36-43H2,1-6H3,(H,77,89)(H,78,90)(H,79,94)(H,80,93)(H,81,91)/t45-,50+,57-,66-,73-/m0/s1. The number of hydrogen-bond donors (Lipinski definition) is 6. The number of aromatic nitrogens is 3. The highest BCUT2D eigenvalue weighted by molar-refractivity contribution is 6.07. The second kappa shape index (κ2) is 29.8. The molecule has 542 valence electrons. The SMILES string of the molecule is COc1cc2c(cc1OCCCCCOc1cc3c(cc1OC)C(=O)N1CC4(CC4)C[C@H]1[C@H](O)N3C(=O)OCc1ccc(NC(=O)[C@H](C)NC(=O)[C@@H](NC(=O)CNC(=O)CNC(=O)CCC(=O)N3Cc4ccccc4-c4nnn(C)c4-c4ccccc43)C(C)C)cc1)CC[C@@H]1CC3(CC3)CN1C2=O. The van der Waals surface area contributed by atoms with Gasteiger partial charge in [-0.15, -0.1) is 5.10 Å². The predicted molar refractivity (Wildman–Crippen MR) is 378 cm³/mol. The van der Waals surface area contributed by atoms with E-state index in [4.69, 9.17) is 23.7 Å². The molecule has 2 saturated carbocycles. The number of nitrogens with one attached hydrogen (secondary N) is 5. The molecule has 0 radical (unpaired) electrons. The summed E-state index contributed by atoms with van der Waals surface area (Å²) in [5.41, 5.74) is 7.53. The third kappa shape index (κ3) is 15.2. The molecular weight excluding hydrogens is 1320 g/mol. The van der Waals surface area contributed by atoms with Gasteiger partial charge >= 0.3 is 6.09 Å². The quantitative estimate of drug-likeness (QED) is 0.0305. The van der Waals surface area contributed by atoms with Crippen molar-refractivity contribution in [3.63, 3.8) is 0 Å². The number of para-hydroxylation sites is 1. The first-order valence-electron chi connectivity index (χ1n) is 35.5. The molecule has 0 bridgehead atoms. The summed E-state index contributed by atoms with van der Waals surface area (Å²) in [6.07, 6.45) is 6.85. The molecule has 6 N–H and O–H groups in total. The minimum atomic E-state index is -1.46. The van der Waals surface area contributed by atoms with Gasteiger partial charge in [-0.25, -0.2) is 14.4 Å². The number of fused-ring (bicyclic) bond motifs is 9. The van der Waals surface area contributed by atoms with Crippen molar-refractivity contribution in [1.29, 1.82) is 0 Å². The number of hydrogen-bond acceptors (Lipinski definition) is 17. The van der Waals surface area contributed by atoms with E-state index in [1.54, 1.807) is 72.8 Å². The number of carbonyl (C=O) groups is 9. The van der Waals surface area contributed by atoms with Crippen LogP contribution in [-0.4, -0.2) is 167 Å². The molecule has 27 nitrogen and oxygen atoms in total. The molecule has 5 aliphatic heterocycles. The van der Waals surface area contributed by atoms with Gasteiger partial charge in [-0.2, -0.15) is 0 Å². The van der Waals surface area contributed by atoms with Gasteiger partial charge in [-0.05, 0) is 147 Å². The van der Waals surface area contributed by atoms with Crippen LogP contribution in [0.15, 0.2) is 97.1 Å². The molecule has 6 aromatic rings. The second-order valence-corrected chi connectivity index (χ2v) is 28.6. The van der Waals surface area contributed by atoms with Gasteiger partial charge in [0.1, 0.15) is 24.4 Å². The fourth-order valence-corrected chi connectivity index (χ4v) is 15.0. The fraction of sp³-hybridized carbons (Fsp3) is 0.461. The Labute approximate surface area is 596 Å². The smallest absolute Gasteiger partial charge is 0.416 e. The first kappa shape index (κ1) is 70.8. The van der Waals surface area contributed by atoms with Crippen LogP contribution in [0, 0.1) is 16.7 Å². The van der Waals surface area contributed by atoms with Gasteiger partial charge in [0.05, 0.1) is 75.7 Å². The molecule has 103 heavy (non-hydrogen) atoms. The van der Waals surface area contributed by atoms with Crippen LogP contribution in [0.3, 0.4) is 0 Å². The molecule has 2 aliphatic carbocycles. The minimum Gasteiger partial charge on any atom is -0.493 e. The zero-order valence-corrected chi connectivity index (χ0v) is 58.8. The van der Waals surface area contributed by atoms with Crippen LogP contribution in [0.5, 0.6) is 23.0 Å². The van der Waals surface area contributed by atoms with E-state index in [-0.39, 0.29) is 84.5 Å². The minimum absolute atomic E-state index is 0.0807. The zero-order valence-electron chi connectivity index (χ0n) is 58.8. The van der Waals surface area contributed by atoms with Crippen molar-refractivity contribution in [1.82, 2.24) is 46.1 Å². The Morgan fingerprint density at radius 3 is 2.00 bits per heavy atom. The molecule has 5 atom stereocenters. The van der Waals surface area contributed by atoms with Gasteiger partial charge in [0.15, 0.2) is 29.2 Å². The lowest BCUT2D eigenvalue weighted by atomic mass is 9.95. The molecule has 27 heteroatoms. The molecule has 2 spiro atoms. The van der Waals surface area contributed by atoms with Crippen LogP contribution in [0.2, 0.25) is 0 Å². The van der Waals surface area contributed by atoms with E-state index < -0.39 is 79.0 Å². The monoisotopic (exact) mass is 1410 g/mol. The fourth-order valence-electron chi connectivity index (χ4n) is 15.0. The van der Waals surface area contributed by atoms with Crippen molar-refractivity contribution in [2.45, 2.75) is 148 Å². The Bertz CT molecular complexity index is 4300. The molecule has 5 aromatic carbocycles. The number of benzene rings is 5. The number of aliphatic hydroxyl groups is 1. The number of nitrogens with zero attached hydrogens (tertiary/aromatic N) is 7. The molecule has 2 saturated heterocycles. The van der Waals surface area contributed by atoms with E-state index in [9.17, 15) is 48.3 Å². The first-order valence-corrected chi connectivity index (χ1v) is 35.5. The Kier molecular flexibility index (Phi) is 20.5. The van der Waals surface area contributed by atoms with Crippen LogP contribution in [0.25, 0.3) is 22.5 Å². The van der Waals surface area contributed by atoms with E-state index in [1.165, 1.54) is 32.9 Å². The summed E-state index contributed by atoms with van der Waals surface area (Å²) in [5.74, 6) is -2.53. The number of carbonyl (C=O) groups excluding carboxylic acids is 9. The van der Waals surface area contributed by atoms with Gasteiger partial charge < -0.3 is 70.1 Å². The highest BCUT2D eigenvalue weighted by Crippen LogP contribution is 2.58. The molecule has 0 unspecified atom stereocenters. The lowest BCUT2D eigenvalue weighted by Crippen LogP contribution is -2.55. The number of aliphatic hydroxyl groups excluding tert-OH is 1. The average molecular weight is 1410 g/mol. The van der Waals surface area contributed by atoms with E-state index in [2.05, 4.69) is 41.8 Å².